The fourth-order valence-corrected chi connectivity index (χ4v) is 4.63. The van der Waals surface area contributed by atoms with Gasteiger partial charge >= 0.3 is 0 Å². The number of pyridine rings is 1. The summed E-state index contributed by atoms with van der Waals surface area (Å²) < 4.78 is 19.0. The molecule has 2 atom stereocenters. The minimum Gasteiger partial charge on any atom is -0.479 e. The van der Waals surface area contributed by atoms with E-state index < -0.39 is 23.9 Å². The summed E-state index contributed by atoms with van der Waals surface area (Å²) in [6.45, 7) is 3.30. The van der Waals surface area contributed by atoms with Crippen molar-refractivity contribution in [3.05, 3.63) is 78.1 Å². The van der Waals surface area contributed by atoms with Crippen molar-refractivity contribution in [3.8, 4) is 27.7 Å². The van der Waals surface area contributed by atoms with Crippen LogP contribution in [0, 0.1) is 5.82 Å². The van der Waals surface area contributed by atoms with Crippen LogP contribution in [0.4, 0.5) is 15.8 Å². The molecule has 176 valence electrons. The summed E-state index contributed by atoms with van der Waals surface area (Å²) in [5.41, 5.74) is 3.22. The second-order valence-corrected chi connectivity index (χ2v) is 8.93. The number of nitrogens with one attached hydrogen (secondary N) is 1. The molecular formula is C26H21FN4O3S. The van der Waals surface area contributed by atoms with Crippen LogP contribution in [0.1, 0.15) is 13.8 Å². The lowest BCUT2D eigenvalue weighted by molar-refractivity contribution is -0.128. The first-order chi connectivity index (χ1) is 16.9. The van der Waals surface area contributed by atoms with E-state index in [0.717, 1.165) is 22.0 Å². The van der Waals surface area contributed by atoms with Crippen LogP contribution in [0.25, 0.3) is 22.0 Å². The molecule has 2 aromatic heterocycles. The molecule has 1 aliphatic heterocycles. The Bertz CT molecular complexity index is 1390. The Morgan fingerprint density at radius 1 is 1.14 bits per heavy atom. The van der Waals surface area contributed by atoms with Crippen molar-refractivity contribution in [2.24, 2.45) is 0 Å². The number of carbonyl (C=O) groups is 2. The molecule has 0 radical (unpaired) electrons. The van der Waals surface area contributed by atoms with E-state index in [1.165, 1.54) is 40.5 Å². The summed E-state index contributed by atoms with van der Waals surface area (Å²) in [5.74, 6) is -0.629. The number of hydrogen-bond acceptors (Lipinski definition) is 6. The standard InChI is InChI=1S/C26H21FN4O3S/c1-15(24(32)29-19-9-7-18(27)8-10-19)31-22-13-17(6-11-23(22)34-16(2)26(31)33)21-14-35-25(30-21)20-5-3-4-12-28-20/h3-16H,1-2H3,(H,29,32). The van der Waals surface area contributed by atoms with Gasteiger partial charge in [-0.25, -0.2) is 9.37 Å². The van der Waals surface area contributed by atoms with E-state index in [1.54, 1.807) is 32.2 Å². The number of anilines is 2. The third kappa shape index (κ3) is 4.50. The maximum Gasteiger partial charge on any atom is 0.268 e. The third-order valence-corrected chi connectivity index (χ3v) is 6.53. The number of rotatable bonds is 5. The highest BCUT2D eigenvalue weighted by Crippen LogP contribution is 2.39. The molecule has 0 fully saturated rings. The minimum atomic E-state index is -0.840. The Morgan fingerprint density at radius 2 is 1.94 bits per heavy atom. The van der Waals surface area contributed by atoms with Gasteiger partial charge in [0.2, 0.25) is 5.91 Å². The average molecular weight is 489 g/mol. The predicted molar refractivity (Wildman–Crippen MR) is 133 cm³/mol. The van der Waals surface area contributed by atoms with Crippen molar-refractivity contribution in [3.63, 3.8) is 0 Å². The Morgan fingerprint density at radius 3 is 2.69 bits per heavy atom. The summed E-state index contributed by atoms with van der Waals surface area (Å²) in [4.78, 5) is 36.6. The van der Waals surface area contributed by atoms with Crippen molar-refractivity contribution >= 4 is 34.5 Å². The number of aromatic nitrogens is 2. The predicted octanol–water partition coefficient (Wildman–Crippen LogP) is 5.15. The van der Waals surface area contributed by atoms with Crippen molar-refractivity contribution in [2.75, 3.05) is 10.2 Å². The lowest BCUT2D eigenvalue weighted by Gasteiger charge is -2.36. The number of carbonyl (C=O) groups excluding carboxylic acids is 2. The summed E-state index contributed by atoms with van der Waals surface area (Å²) >= 11 is 1.47. The van der Waals surface area contributed by atoms with Gasteiger partial charge in [0.25, 0.3) is 5.91 Å². The summed E-state index contributed by atoms with van der Waals surface area (Å²) in [5, 5.41) is 5.45. The minimum absolute atomic E-state index is 0.330. The number of nitrogens with zero attached hydrogens (tertiary/aromatic N) is 3. The number of amides is 2. The van der Waals surface area contributed by atoms with Gasteiger partial charge in [0.05, 0.1) is 17.1 Å². The Kier molecular flexibility index (Phi) is 6.00. The molecule has 35 heavy (non-hydrogen) atoms. The number of thiazole rings is 1. The van der Waals surface area contributed by atoms with Gasteiger partial charge < -0.3 is 10.1 Å². The first-order valence-corrected chi connectivity index (χ1v) is 11.9. The fraction of sp³-hybridized carbons (Fsp3) is 0.154. The van der Waals surface area contributed by atoms with Gasteiger partial charge in [0, 0.05) is 22.8 Å². The maximum absolute atomic E-state index is 13.2. The Hall–Kier alpha value is -4.11. The first kappa shape index (κ1) is 22.7. The van der Waals surface area contributed by atoms with Crippen LogP contribution in [0.3, 0.4) is 0 Å². The molecule has 3 heterocycles. The van der Waals surface area contributed by atoms with Crippen molar-refractivity contribution in [2.45, 2.75) is 26.0 Å². The highest BCUT2D eigenvalue weighted by molar-refractivity contribution is 7.13. The van der Waals surface area contributed by atoms with E-state index in [0.29, 0.717) is 17.1 Å². The van der Waals surface area contributed by atoms with Gasteiger partial charge in [-0.1, -0.05) is 6.07 Å². The van der Waals surface area contributed by atoms with Gasteiger partial charge in [0.15, 0.2) is 6.10 Å². The van der Waals surface area contributed by atoms with Crippen molar-refractivity contribution in [1.29, 1.82) is 0 Å². The monoisotopic (exact) mass is 488 g/mol. The molecule has 2 unspecified atom stereocenters. The molecule has 0 saturated heterocycles. The average Bonchev–Trinajstić information content (AvgIpc) is 3.37. The highest BCUT2D eigenvalue weighted by atomic mass is 32.1. The SMILES string of the molecule is CC1Oc2ccc(-c3csc(-c4ccccn4)n3)cc2N(C(C)C(=O)Nc2ccc(F)cc2)C1=O. The third-order valence-electron chi connectivity index (χ3n) is 5.67. The lowest BCUT2D eigenvalue weighted by atomic mass is 10.1. The molecule has 0 bridgehead atoms. The fourth-order valence-electron chi connectivity index (χ4n) is 3.83. The van der Waals surface area contributed by atoms with Crippen LogP contribution in [0.5, 0.6) is 5.75 Å². The second kappa shape index (κ2) is 9.27. The lowest BCUT2D eigenvalue weighted by Crippen LogP contribution is -2.52. The van der Waals surface area contributed by atoms with E-state index in [4.69, 9.17) is 9.72 Å². The molecule has 2 aromatic carbocycles. The van der Waals surface area contributed by atoms with Gasteiger partial charge in [-0.05, 0) is 68.4 Å². The zero-order valence-electron chi connectivity index (χ0n) is 18.9. The molecule has 1 N–H and O–H groups in total. The largest absolute Gasteiger partial charge is 0.479 e. The Labute approximate surface area is 205 Å². The molecule has 0 aliphatic carbocycles. The zero-order chi connectivity index (χ0) is 24.5. The molecular weight excluding hydrogens is 467 g/mol. The quantitative estimate of drug-likeness (QED) is 0.420. The molecule has 1 aliphatic rings. The zero-order valence-corrected chi connectivity index (χ0v) is 19.8. The van der Waals surface area contributed by atoms with Crippen LogP contribution in [-0.4, -0.2) is 33.9 Å². The number of halogens is 1. The second-order valence-electron chi connectivity index (χ2n) is 8.08. The van der Waals surface area contributed by atoms with E-state index in [9.17, 15) is 14.0 Å². The Balaban J connectivity index is 1.46. The van der Waals surface area contributed by atoms with Crippen LogP contribution in [0.2, 0.25) is 0 Å². The summed E-state index contributed by atoms with van der Waals surface area (Å²) in [7, 11) is 0. The number of hydrogen-bond donors (Lipinski definition) is 1. The molecule has 2 amide bonds. The normalized spacial score (nSPS) is 15.8. The molecule has 0 saturated carbocycles. The van der Waals surface area contributed by atoms with Gasteiger partial charge in [-0.2, -0.15) is 0 Å². The van der Waals surface area contributed by atoms with Gasteiger partial charge in [-0.3, -0.25) is 19.5 Å². The van der Waals surface area contributed by atoms with Gasteiger partial charge in [-0.15, -0.1) is 11.3 Å². The molecule has 4 aromatic rings. The van der Waals surface area contributed by atoms with Crippen LogP contribution < -0.4 is 15.0 Å². The molecule has 9 heteroatoms. The molecule has 5 rings (SSSR count). The van der Waals surface area contributed by atoms with Crippen molar-refractivity contribution in [1.82, 2.24) is 9.97 Å². The smallest absolute Gasteiger partial charge is 0.268 e. The van der Waals surface area contributed by atoms with Crippen LogP contribution >= 0.6 is 11.3 Å². The van der Waals surface area contributed by atoms with Crippen molar-refractivity contribution < 1.29 is 18.7 Å². The van der Waals surface area contributed by atoms with Crippen LogP contribution in [-0.2, 0) is 9.59 Å². The highest BCUT2D eigenvalue weighted by Gasteiger charge is 2.37. The van der Waals surface area contributed by atoms with Crippen LogP contribution in [0.15, 0.2) is 72.2 Å². The van der Waals surface area contributed by atoms with E-state index >= 15 is 0 Å². The number of ether oxygens (including phenoxy) is 1. The summed E-state index contributed by atoms with van der Waals surface area (Å²) in [6.07, 6.45) is 0.972. The van der Waals surface area contributed by atoms with E-state index in [2.05, 4.69) is 10.3 Å². The summed E-state index contributed by atoms with van der Waals surface area (Å²) in [6, 6.07) is 15.7. The number of fused-ring (bicyclic) bond motifs is 1. The molecule has 0 spiro atoms. The topological polar surface area (TPSA) is 84.4 Å². The van der Waals surface area contributed by atoms with Gasteiger partial charge in [0.1, 0.15) is 22.6 Å². The number of benzene rings is 2. The van der Waals surface area contributed by atoms with E-state index in [-0.39, 0.29) is 5.91 Å². The van der Waals surface area contributed by atoms with E-state index in [1.807, 2.05) is 29.6 Å². The maximum atomic E-state index is 13.2. The molecule has 7 nitrogen and oxygen atoms in total. The first-order valence-electron chi connectivity index (χ1n) is 11.0.